The first-order valence-corrected chi connectivity index (χ1v) is 4.18. The van der Waals surface area contributed by atoms with Gasteiger partial charge in [0.2, 0.25) is 0 Å². The van der Waals surface area contributed by atoms with Gasteiger partial charge in [-0.25, -0.2) is 0 Å². The van der Waals surface area contributed by atoms with Gasteiger partial charge < -0.3 is 4.79 Å². The number of carbonyl (C=O) groups excluding carboxylic acids is 1. The van der Waals surface area contributed by atoms with Crippen LogP contribution < -0.4 is 0 Å². The summed E-state index contributed by atoms with van der Waals surface area (Å²) in [6, 6.07) is 0. The molecule has 70 valence electrons. The Hall–Kier alpha value is 0.740. The van der Waals surface area contributed by atoms with E-state index >= 15 is 0 Å². The van der Waals surface area contributed by atoms with E-state index in [2.05, 4.69) is 0 Å². The van der Waals surface area contributed by atoms with Crippen LogP contribution in [0.4, 0.5) is 0 Å². The van der Waals surface area contributed by atoms with E-state index in [1.165, 1.54) is 0 Å². The molecule has 12 heavy (non-hydrogen) atoms. The molecule has 0 amide bonds. The van der Waals surface area contributed by atoms with Crippen molar-refractivity contribution in [2.45, 2.75) is 27.2 Å². The van der Waals surface area contributed by atoms with E-state index in [-0.39, 0.29) is 35.0 Å². The molecule has 0 aliphatic rings. The fourth-order valence-electron chi connectivity index (χ4n) is 0.0833. The summed E-state index contributed by atoms with van der Waals surface area (Å²) in [6.07, 6.45) is 1.92. The van der Waals surface area contributed by atoms with E-state index in [0.29, 0.717) is 0 Å². The summed E-state index contributed by atoms with van der Waals surface area (Å²) < 4.78 is 22.8. The zero-order valence-corrected chi connectivity index (χ0v) is 7.72. The number of hydrogen-bond acceptors (Lipinski definition) is 2. The first-order chi connectivity index (χ1) is 4.85. The zero-order valence-electron chi connectivity index (χ0n) is 6.90. The molecule has 0 aliphatic carbocycles. The molecule has 0 unspecified atom stereocenters. The Morgan fingerprint density at radius 2 is 1.67 bits per heavy atom. The second-order valence-electron chi connectivity index (χ2n) is 2.69. The molecule has 0 heterocycles. The fourth-order valence-corrected chi connectivity index (χ4v) is 0.0833. The maximum atomic E-state index is 10.1. The normalized spacial score (nSPS) is 9.50. The number of aldehydes is 1. The maximum absolute atomic E-state index is 10.1. The Balaban J connectivity index is -0.000000142. The SMILES string of the molecule is CCC(C)(C)C=O.O=S(O)O.[NaH]. The van der Waals surface area contributed by atoms with Gasteiger partial charge in [0, 0.05) is 5.41 Å². The van der Waals surface area contributed by atoms with E-state index in [1.54, 1.807) is 0 Å². The van der Waals surface area contributed by atoms with Gasteiger partial charge in [-0.2, -0.15) is 4.21 Å². The van der Waals surface area contributed by atoms with Crippen LogP contribution in [0.25, 0.3) is 0 Å². The van der Waals surface area contributed by atoms with Gasteiger partial charge in [-0.05, 0) is 6.42 Å². The summed E-state index contributed by atoms with van der Waals surface area (Å²) in [7, 11) is 0. The van der Waals surface area contributed by atoms with Gasteiger partial charge in [0.15, 0.2) is 0 Å². The van der Waals surface area contributed by atoms with E-state index in [1.807, 2.05) is 20.8 Å². The van der Waals surface area contributed by atoms with Gasteiger partial charge in [-0.1, -0.05) is 20.8 Å². The third-order valence-electron chi connectivity index (χ3n) is 1.23. The molecule has 2 N–H and O–H groups in total. The standard InChI is InChI=1S/C6H12O.Na.H2O3S.H/c1-4-6(2,3)5-7;;1-4(2)3;/h5H,4H2,1-3H3;;(H2,1,2,3);. The Kier molecular flexibility index (Phi) is 15.2. The molecular weight excluding hydrogens is 191 g/mol. The molecule has 6 heteroatoms. The third-order valence-corrected chi connectivity index (χ3v) is 1.23. The molecule has 0 saturated carbocycles. The van der Waals surface area contributed by atoms with Crippen molar-refractivity contribution in [1.82, 2.24) is 0 Å². The fraction of sp³-hybridized carbons (Fsp3) is 0.833. The minimum absolute atomic E-state index is 0. The molecule has 0 bridgehead atoms. The Morgan fingerprint density at radius 1 is 1.42 bits per heavy atom. The number of rotatable bonds is 2. The van der Waals surface area contributed by atoms with Crippen molar-refractivity contribution >= 4 is 47.2 Å². The van der Waals surface area contributed by atoms with Crippen LogP contribution in [0.15, 0.2) is 0 Å². The van der Waals surface area contributed by atoms with Crippen LogP contribution in [-0.4, -0.2) is 49.2 Å². The number of carbonyl (C=O) groups is 1. The topological polar surface area (TPSA) is 74.6 Å². The summed E-state index contributed by atoms with van der Waals surface area (Å²) >= 11 is -2.61. The van der Waals surface area contributed by atoms with Crippen molar-refractivity contribution < 1.29 is 18.1 Å². The van der Waals surface area contributed by atoms with Crippen LogP contribution in [0.3, 0.4) is 0 Å². The van der Waals surface area contributed by atoms with E-state index in [9.17, 15) is 4.79 Å². The molecule has 0 fully saturated rings. The molecule has 0 saturated heterocycles. The molecule has 0 atom stereocenters. The Bertz CT molecular complexity index is 134. The summed E-state index contributed by atoms with van der Waals surface area (Å²) in [6.45, 7) is 5.87. The van der Waals surface area contributed by atoms with Crippen LogP contribution in [0.2, 0.25) is 0 Å². The summed E-state index contributed by atoms with van der Waals surface area (Å²) in [5.74, 6) is 0. The minimum atomic E-state index is -2.61. The third kappa shape index (κ3) is 22.4. The van der Waals surface area contributed by atoms with Crippen molar-refractivity contribution in [3.8, 4) is 0 Å². The number of hydrogen-bond donors (Lipinski definition) is 2. The molecule has 0 aromatic carbocycles. The predicted molar refractivity (Wildman–Crippen MR) is 50.7 cm³/mol. The average molecular weight is 206 g/mol. The molecule has 0 radical (unpaired) electrons. The van der Waals surface area contributed by atoms with Crippen molar-refractivity contribution in [3.63, 3.8) is 0 Å². The first kappa shape index (κ1) is 18.5. The molecule has 0 aliphatic heterocycles. The summed E-state index contributed by atoms with van der Waals surface area (Å²) in [5.41, 5.74) is -0.0972. The Labute approximate surface area is 97.5 Å². The molecular formula is C6H15NaO4S. The second kappa shape index (κ2) is 9.83. The van der Waals surface area contributed by atoms with Crippen molar-refractivity contribution in [2.24, 2.45) is 5.41 Å². The Morgan fingerprint density at radius 3 is 1.67 bits per heavy atom. The summed E-state index contributed by atoms with van der Waals surface area (Å²) in [5, 5.41) is 0. The van der Waals surface area contributed by atoms with Crippen LogP contribution >= 0.6 is 0 Å². The average Bonchev–Trinajstić information content (AvgIpc) is 1.87. The zero-order chi connectivity index (χ0) is 9.49. The van der Waals surface area contributed by atoms with E-state index < -0.39 is 11.4 Å². The quantitative estimate of drug-likeness (QED) is 0.395. The first-order valence-electron chi connectivity index (χ1n) is 3.12. The van der Waals surface area contributed by atoms with Crippen LogP contribution in [0, 0.1) is 5.41 Å². The van der Waals surface area contributed by atoms with Crippen molar-refractivity contribution in [2.75, 3.05) is 0 Å². The van der Waals surface area contributed by atoms with Gasteiger partial charge in [-0.15, -0.1) is 0 Å². The van der Waals surface area contributed by atoms with Crippen LogP contribution in [0.1, 0.15) is 27.2 Å². The van der Waals surface area contributed by atoms with E-state index in [0.717, 1.165) is 12.7 Å². The van der Waals surface area contributed by atoms with Crippen molar-refractivity contribution in [3.05, 3.63) is 0 Å². The molecule has 0 aromatic heterocycles. The molecule has 4 nitrogen and oxygen atoms in total. The van der Waals surface area contributed by atoms with Crippen molar-refractivity contribution in [1.29, 1.82) is 0 Å². The summed E-state index contributed by atoms with van der Waals surface area (Å²) in [4.78, 5) is 10.1. The van der Waals surface area contributed by atoms with Gasteiger partial charge >= 0.3 is 29.6 Å². The van der Waals surface area contributed by atoms with Crippen LogP contribution in [0.5, 0.6) is 0 Å². The van der Waals surface area contributed by atoms with E-state index in [4.69, 9.17) is 13.3 Å². The van der Waals surface area contributed by atoms with Gasteiger partial charge in [0.05, 0.1) is 0 Å². The molecule has 0 spiro atoms. The van der Waals surface area contributed by atoms with Gasteiger partial charge in [0.1, 0.15) is 6.29 Å². The predicted octanol–water partition coefficient (Wildman–Crippen LogP) is 0.654. The monoisotopic (exact) mass is 206 g/mol. The second-order valence-corrected chi connectivity index (χ2v) is 3.15. The van der Waals surface area contributed by atoms with Gasteiger partial charge in [-0.3, -0.25) is 9.11 Å². The van der Waals surface area contributed by atoms with Crippen LogP contribution in [-0.2, 0) is 16.2 Å². The van der Waals surface area contributed by atoms with Gasteiger partial charge in [0.25, 0.3) is 11.4 Å². The molecule has 0 rings (SSSR count). The molecule has 0 aromatic rings.